The number of nitrogens with zero attached hydrogens (tertiary/aromatic N) is 4. The second kappa shape index (κ2) is 7.74. The highest BCUT2D eigenvalue weighted by atomic mass is 19.1. The maximum Gasteiger partial charge on any atom is 0.343 e. The molecular formula is C21H29FN4O3. The van der Waals surface area contributed by atoms with Crippen LogP contribution in [0.4, 0.5) is 10.2 Å². The molecule has 0 amide bonds. The molecule has 0 spiro atoms. The summed E-state index contributed by atoms with van der Waals surface area (Å²) in [6.45, 7) is 9.00. The van der Waals surface area contributed by atoms with Crippen LogP contribution in [0.15, 0.2) is 17.1 Å². The molecule has 3 rings (SSSR count). The summed E-state index contributed by atoms with van der Waals surface area (Å²) in [5.41, 5.74) is -0.797. The molecule has 2 aromatic heterocycles. The molecule has 7 nitrogen and oxygen atoms in total. The van der Waals surface area contributed by atoms with Crippen molar-refractivity contribution in [2.24, 2.45) is 0 Å². The summed E-state index contributed by atoms with van der Waals surface area (Å²) in [5.74, 6) is -1.03. The van der Waals surface area contributed by atoms with Crippen LogP contribution in [0.1, 0.15) is 44.5 Å². The van der Waals surface area contributed by atoms with Gasteiger partial charge in [-0.05, 0) is 54.3 Å². The van der Waals surface area contributed by atoms with Gasteiger partial charge >= 0.3 is 5.97 Å². The van der Waals surface area contributed by atoms with Crippen molar-refractivity contribution in [3.05, 3.63) is 33.9 Å². The van der Waals surface area contributed by atoms with Crippen molar-refractivity contribution < 1.29 is 13.9 Å². The average Bonchev–Trinajstić information content (AvgIpc) is 3.11. The van der Waals surface area contributed by atoms with Gasteiger partial charge in [-0.2, -0.15) is 0 Å². The lowest BCUT2D eigenvalue weighted by atomic mass is 10.1. The number of rotatable bonds is 4. The molecule has 1 fully saturated rings. The minimum absolute atomic E-state index is 0.0788. The zero-order valence-electron chi connectivity index (χ0n) is 18.0. The summed E-state index contributed by atoms with van der Waals surface area (Å²) in [4.78, 5) is 33.8. The number of anilines is 1. The number of hydrogen-bond acceptors (Lipinski definition) is 6. The topological polar surface area (TPSA) is 67.7 Å². The molecule has 0 N–H and O–H groups in total. The average molecular weight is 404 g/mol. The van der Waals surface area contributed by atoms with Crippen LogP contribution in [0.2, 0.25) is 0 Å². The van der Waals surface area contributed by atoms with E-state index >= 15 is 4.39 Å². The Morgan fingerprint density at radius 1 is 1.38 bits per heavy atom. The van der Waals surface area contributed by atoms with E-state index in [4.69, 9.17) is 4.74 Å². The molecule has 158 valence electrons. The number of carbonyl (C=O) groups excluding carboxylic acids is 1. The highest BCUT2D eigenvalue weighted by molar-refractivity contribution is 5.93. The quantitative estimate of drug-likeness (QED) is 0.730. The molecule has 8 heteroatoms. The first-order valence-corrected chi connectivity index (χ1v) is 9.89. The zero-order valence-corrected chi connectivity index (χ0v) is 18.0. The molecule has 1 saturated heterocycles. The maximum absolute atomic E-state index is 15.0. The van der Waals surface area contributed by atoms with Crippen molar-refractivity contribution in [3.63, 3.8) is 0 Å². The zero-order chi connectivity index (χ0) is 21.5. The highest BCUT2D eigenvalue weighted by Crippen LogP contribution is 2.28. The fourth-order valence-corrected chi connectivity index (χ4v) is 3.66. The van der Waals surface area contributed by atoms with Gasteiger partial charge in [-0.3, -0.25) is 4.79 Å². The maximum atomic E-state index is 15.0. The van der Waals surface area contributed by atoms with Gasteiger partial charge in [-0.1, -0.05) is 0 Å². The lowest BCUT2D eigenvalue weighted by Crippen LogP contribution is -2.33. The van der Waals surface area contributed by atoms with Gasteiger partial charge in [-0.25, -0.2) is 14.2 Å². The van der Waals surface area contributed by atoms with Gasteiger partial charge in [0, 0.05) is 30.9 Å². The molecule has 1 aliphatic heterocycles. The van der Waals surface area contributed by atoms with Crippen molar-refractivity contribution in [1.29, 1.82) is 0 Å². The van der Waals surface area contributed by atoms with Crippen molar-refractivity contribution in [2.75, 3.05) is 38.7 Å². The van der Waals surface area contributed by atoms with Crippen molar-refractivity contribution in [2.45, 2.75) is 45.7 Å². The third-order valence-electron chi connectivity index (χ3n) is 5.32. The van der Waals surface area contributed by atoms with Crippen LogP contribution in [-0.4, -0.2) is 60.3 Å². The van der Waals surface area contributed by atoms with E-state index in [-0.39, 0.29) is 23.4 Å². The summed E-state index contributed by atoms with van der Waals surface area (Å²) in [5, 5.41) is 0.0788. The van der Waals surface area contributed by atoms with Gasteiger partial charge in [0.05, 0.1) is 12.0 Å². The molecule has 0 bridgehead atoms. The number of ether oxygens (including phenoxy) is 1. The fraction of sp³-hybridized carbons (Fsp3) is 0.571. The SMILES string of the molecule is CCOC(=O)c1cn(C(C)(C)C)c2nc(N3CC[C@H](N(C)C)C3)c(F)cc2c1=O. The van der Waals surface area contributed by atoms with Crippen LogP contribution in [0.25, 0.3) is 11.0 Å². The predicted molar refractivity (Wildman–Crippen MR) is 111 cm³/mol. The molecule has 0 radical (unpaired) electrons. The second-order valence-electron chi connectivity index (χ2n) is 8.65. The first kappa shape index (κ1) is 21.2. The van der Waals surface area contributed by atoms with Crippen LogP contribution in [0.3, 0.4) is 0 Å². The summed E-state index contributed by atoms with van der Waals surface area (Å²) in [6.07, 6.45) is 2.39. The Balaban J connectivity index is 2.21. The number of likely N-dealkylation sites (N-methyl/N-ethyl adjacent to an activating group) is 1. The largest absolute Gasteiger partial charge is 0.462 e. The summed E-state index contributed by atoms with van der Waals surface area (Å²) >= 11 is 0. The van der Waals surface area contributed by atoms with Crippen LogP contribution in [-0.2, 0) is 10.3 Å². The van der Waals surface area contributed by atoms with Crippen LogP contribution < -0.4 is 10.3 Å². The Morgan fingerprint density at radius 2 is 2.07 bits per heavy atom. The number of halogens is 1. The molecule has 29 heavy (non-hydrogen) atoms. The van der Waals surface area contributed by atoms with Crippen molar-refractivity contribution in [3.8, 4) is 0 Å². The molecule has 1 aliphatic rings. The Hall–Kier alpha value is -2.48. The monoisotopic (exact) mass is 404 g/mol. The van der Waals surface area contributed by atoms with Gasteiger partial charge < -0.3 is 19.1 Å². The van der Waals surface area contributed by atoms with Crippen molar-refractivity contribution in [1.82, 2.24) is 14.5 Å². The first-order chi connectivity index (χ1) is 13.5. The third kappa shape index (κ3) is 3.99. The van der Waals surface area contributed by atoms with E-state index in [2.05, 4.69) is 9.88 Å². The second-order valence-corrected chi connectivity index (χ2v) is 8.65. The van der Waals surface area contributed by atoms with E-state index in [1.165, 1.54) is 12.3 Å². The normalized spacial score (nSPS) is 17.4. The smallest absolute Gasteiger partial charge is 0.343 e. The minimum atomic E-state index is -0.713. The number of pyridine rings is 2. The molecular weight excluding hydrogens is 375 g/mol. The molecule has 0 saturated carbocycles. The van der Waals surface area contributed by atoms with E-state index in [9.17, 15) is 9.59 Å². The van der Waals surface area contributed by atoms with Crippen LogP contribution >= 0.6 is 0 Å². The lowest BCUT2D eigenvalue weighted by Gasteiger charge is -2.27. The molecule has 2 aromatic rings. The Bertz CT molecular complexity index is 994. The van der Waals surface area contributed by atoms with Gasteiger partial charge in [0.1, 0.15) is 11.2 Å². The Labute approximate surface area is 170 Å². The lowest BCUT2D eigenvalue weighted by molar-refractivity contribution is 0.0524. The molecule has 0 unspecified atom stereocenters. The van der Waals surface area contributed by atoms with Crippen LogP contribution in [0, 0.1) is 5.82 Å². The number of esters is 1. The minimum Gasteiger partial charge on any atom is -0.462 e. The molecule has 0 aliphatic carbocycles. The van der Waals surface area contributed by atoms with Gasteiger partial charge in [0.25, 0.3) is 0 Å². The van der Waals surface area contributed by atoms with Crippen molar-refractivity contribution >= 4 is 22.8 Å². The van der Waals surface area contributed by atoms with Crippen LogP contribution in [0.5, 0.6) is 0 Å². The highest BCUT2D eigenvalue weighted by Gasteiger charge is 2.29. The summed E-state index contributed by atoms with van der Waals surface area (Å²) < 4.78 is 21.8. The van der Waals surface area contributed by atoms with E-state index in [0.717, 1.165) is 6.42 Å². The van der Waals surface area contributed by atoms with Gasteiger partial charge in [-0.15, -0.1) is 0 Å². The molecule has 0 aromatic carbocycles. The Morgan fingerprint density at radius 3 is 2.62 bits per heavy atom. The van der Waals surface area contributed by atoms with E-state index in [1.54, 1.807) is 11.5 Å². The molecule has 3 heterocycles. The third-order valence-corrected chi connectivity index (χ3v) is 5.32. The summed E-state index contributed by atoms with van der Waals surface area (Å²) in [6, 6.07) is 1.52. The first-order valence-electron chi connectivity index (χ1n) is 9.89. The number of fused-ring (bicyclic) bond motifs is 1. The predicted octanol–water partition coefficient (Wildman–Crippen LogP) is 2.61. The summed E-state index contributed by atoms with van der Waals surface area (Å²) in [7, 11) is 4.01. The standard InChI is InChI=1S/C21H29FN4O3/c1-7-29-20(28)15-12-26(21(2,3)4)18-14(17(15)27)10-16(22)19(23-18)25-9-8-13(11-25)24(5)6/h10,12-13H,7-9,11H2,1-6H3/t13-/m0/s1. The van der Waals surface area contributed by atoms with E-state index in [1.807, 2.05) is 39.8 Å². The number of carbonyl (C=O) groups is 1. The number of aromatic nitrogens is 2. The van der Waals surface area contributed by atoms with E-state index in [0.29, 0.717) is 24.8 Å². The Kier molecular flexibility index (Phi) is 5.67. The fourth-order valence-electron chi connectivity index (χ4n) is 3.66. The number of hydrogen-bond donors (Lipinski definition) is 0. The van der Waals surface area contributed by atoms with E-state index < -0.39 is 22.8 Å². The van der Waals surface area contributed by atoms with Gasteiger partial charge in [0.15, 0.2) is 11.6 Å². The van der Waals surface area contributed by atoms with Gasteiger partial charge in [0.2, 0.25) is 5.43 Å². The molecule has 1 atom stereocenters.